The number of rotatable bonds is 5. The Hall–Kier alpha value is -0.570. The van der Waals surface area contributed by atoms with Crippen molar-refractivity contribution >= 4 is 5.84 Å². The Morgan fingerprint density at radius 1 is 1.20 bits per heavy atom. The van der Waals surface area contributed by atoms with Crippen LogP contribution in [0.2, 0.25) is 0 Å². The van der Waals surface area contributed by atoms with E-state index in [-0.39, 0.29) is 5.60 Å². The van der Waals surface area contributed by atoms with Gasteiger partial charge in [0, 0.05) is 19.7 Å². The van der Waals surface area contributed by atoms with Crippen molar-refractivity contribution < 1.29 is 4.74 Å². The molecule has 1 aliphatic rings. The van der Waals surface area contributed by atoms with Crippen LogP contribution in [-0.4, -0.2) is 36.0 Å². The van der Waals surface area contributed by atoms with Gasteiger partial charge in [-0.05, 0) is 32.6 Å². The van der Waals surface area contributed by atoms with E-state index in [1.165, 1.54) is 12.8 Å². The van der Waals surface area contributed by atoms with E-state index in [1.807, 2.05) is 6.92 Å². The van der Waals surface area contributed by atoms with Crippen molar-refractivity contribution in [1.82, 2.24) is 4.90 Å². The number of hydrogen-bond donors (Lipinski definition) is 1. The second-order valence-electron chi connectivity index (χ2n) is 4.18. The highest BCUT2D eigenvalue weighted by Gasteiger charge is 2.36. The number of hydrogen-bond acceptors (Lipinski definition) is 2. The zero-order valence-electron chi connectivity index (χ0n) is 10.3. The molecular weight excluding hydrogens is 188 g/mol. The van der Waals surface area contributed by atoms with Crippen molar-refractivity contribution in [3.63, 3.8) is 0 Å². The molecule has 88 valence electrons. The number of likely N-dealkylation sites (tertiary alicyclic amines) is 1. The molecule has 15 heavy (non-hydrogen) atoms. The summed E-state index contributed by atoms with van der Waals surface area (Å²) in [5.41, 5.74) is -0.334. The molecule has 0 aromatic rings. The highest BCUT2D eigenvalue weighted by Crippen LogP contribution is 2.25. The molecule has 1 N–H and O–H groups in total. The molecule has 0 aliphatic carbocycles. The molecule has 0 aromatic carbocycles. The van der Waals surface area contributed by atoms with Crippen molar-refractivity contribution in [3.8, 4) is 0 Å². The van der Waals surface area contributed by atoms with Crippen molar-refractivity contribution in [1.29, 1.82) is 5.41 Å². The minimum Gasteiger partial charge on any atom is -0.367 e. The van der Waals surface area contributed by atoms with E-state index < -0.39 is 0 Å². The minimum atomic E-state index is -0.334. The molecule has 1 fully saturated rings. The topological polar surface area (TPSA) is 36.3 Å². The van der Waals surface area contributed by atoms with Crippen molar-refractivity contribution in [2.75, 3.05) is 19.7 Å². The maximum absolute atomic E-state index is 8.30. The van der Waals surface area contributed by atoms with Crippen LogP contribution in [-0.2, 0) is 4.74 Å². The van der Waals surface area contributed by atoms with Gasteiger partial charge in [0.2, 0.25) is 0 Å². The van der Waals surface area contributed by atoms with Crippen molar-refractivity contribution in [2.24, 2.45) is 0 Å². The van der Waals surface area contributed by atoms with E-state index in [0.29, 0.717) is 12.4 Å². The Morgan fingerprint density at radius 3 is 2.13 bits per heavy atom. The first-order valence-electron chi connectivity index (χ1n) is 6.18. The second-order valence-corrected chi connectivity index (χ2v) is 4.18. The fourth-order valence-corrected chi connectivity index (χ4v) is 2.36. The summed E-state index contributed by atoms with van der Waals surface area (Å²) in [5.74, 6) is 0.701. The first kappa shape index (κ1) is 12.5. The summed E-state index contributed by atoms with van der Waals surface area (Å²) >= 11 is 0. The normalized spacial score (nSPS) is 17.1. The number of nitrogens with zero attached hydrogens (tertiary/aromatic N) is 1. The summed E-state index contributed by atoms with van der Waals surface area (Å²) in [6.45, 7) is 9.00. The van der Waals surface area contributed by atoms with Crippen LogP contribution in [0.4, 0.5) is 0 Å². The van der Waals surface area contributed by atoms with Crippen LogP contribution in [0.25, 0.3) is 0 Å². The highest BCUT2D eigenvalue weighted by molar-refractivity contribution is 5.88. The number of nitrogens with one attached hydrogen (secondary N) is 1. The van der Waals surface area contributed by atoms with Gasteiger partial charge < -0.3 is 9.64 Å². The van der Waals surface area contributed by atoms with Gasteiger partial charge in [0.15, 0.2) is 0 Å². The second kappa shape index (κ2) is 5.50. The third-order valence-electron chi connectivity index (χ3n) is 3.42. The van der Waals surface area contributed by atoms with E-state index in [2.05, 4.69) is 18.7 Å². The third kappa shape index (κ3) is 2.51. The van der Waals surface area contributed by atoms with Gasteiger partial charge in [0.25, 0.3) is 0 Å². The quantitative estimate of drug-likeness (QED) is 0.562. The molecule has 3 heteroatoms. The van der Waals surface area contributed by atoms with Gasteiger partial charge in [-0.25, -0.2) is 0 Å². The maximum atomic E-state index is 8.30. The molecule has 1 aliphatic heterocycles. The van der Waals surface area contributed by atoms with Crippen molar-refractivity contribution in [2.45, 2.75) is 52.1 Å². The van der Waals surface area contributed by atoms with E-state index in [9.17, 15) is 0 Å². The van der Waals surface area contributed by atoms with Gasteiger partial charge >= 0.3 is 0 Å². The summed E-state index contributed by atoms with van der Waals surface area (Å²) in [6.07, 6.45) is 4.23. The zero-order chi connectivity index (χ0) is 11.3. The monoisotopic (exact) mass is 212 g/mol. The Balaban J connectivity index is 2.72. The Labute approximate surface area is 93.3 Å². The molecule has 1 heterocycles. The summed E-state index contributed by atoms with van der Waals surface area (Å²) in [6, 6.07) is 0. The van der Waals surface area contributed by atoms with Crippen LogP contribution in [0.1, 0.15) is 46.5 Å². The summed E-state index contributed by atoms with van der Waals surface area (Å²) < 4.78 is 5.84. The van der Waals surface area contributed by atoms with Crippen LogP contribution in [0, 0.1) is 5.41 Å². The van der Waals surface area contributed by atoms with Crippen LogP contribution >= 0.6 is 0 Å². The SMILES string of the molecule is CCOC(CC)(CC)C(=N)N1CCCC1. The fourth-order valence-electron chi connectivity index (χ4n) is 2.36. The predicted octanol–water partition coefficient (Wildman–Crippen LogP) is 2.65. The molecule has 1 rings (SSSR count). The first-order chi connectivity index (χ1) is 7.20. The average Bonchev–Trinajstić information content (AvgIpc) is 2.78. The lowest BCUT2D eigenvalue weighted by Gasteiger charge is -2.36. The summed E-state index contributed by atoms with van der Waals surface area (Å²) in [7, 11) is 0. The number of amidine groups is 1. The summed E-state index contributed by atoms with van der Waals surface area (Å²) in [4.78, 5) is 2.18. The molecular formula is C12H24N2O. The van der Waals surface area contributed by atoms with Gasteiger partial charge in [-0.1, -0.05) is 13.8 Å². The van der Waals surface area contributed by atoms with Crippen LogP contribution < -0.4 is 0 Å². The van der Waals surface area contributed by atoms with E-state index >= 15 is 0 Å². The molecule has 3 nitrogen and oxygen atoms in total. The maximum Gasteiger partial charge on any atom is 0.129 e. The lowest BCUT2D eigenvalue weighted by Crippen LogP contribution is -2.48. The number of ether oxygens (including phenoxy) is 1. The molecule has 1 saturated heterocycles. The molecule has 0 unspecified atom stereocenters. The first-order valence-corrected chi connectivity index (χ1v) is 6.18. The van der Waals surface area contributed by atoms with E-state index in [0.717, 1.165) is 25.9 Å². The van der Waals surface area contributed by atoms with Crippen LogP contribution in [0.15, 0.2) is 0 Å². The van der Waals surface area contributed by atoms with Gasteiger partial charge in [-0.15, -0.1) is 0 Å². The summed E-state index contributed by atoms with van der Waals surface area (Å²) in [5, 5.41) is 8.30. The smallest absolute Gasteiger partial charge is 0.129 e. The molecule has 0 atom stereocenters. The van der Waals surface area contributed by atoms with Gasteiger partial charge in [0.05, 0.1) is 0 Å². The standard InChI is InChI=1S/C12H24N2O/c1-4-12(5-2,15-6-3)11(13)14-9-7-8-10-14/h13H,4-10H2,1-3H3. The molecule has 0 radical (unpaired) electrons. The van der Waals surface area contributed by atoms with E-state index in [1.54, 1.807) is 0 Å². The molecule has 0 spiro atoms. The Morgan fingerprint density at radius 2 is 1.73 bits per heavy atom. The van der Waals surface area contributed by atoms with Crippen LogP contribution in [0.5, 0.6) is 0 Å². The van der Waals surface area contributed by atoms with Crippen molar-refractivity contribution in [3.05, 3.63) is 0 Å². The largest absolute Gasteiger partial charge is 0.367 e. The zero-order valence-corrected chi connectivity index (χ0v) is 10.3. The van der Waals surface area contributed by atoms with Crippen LogP contribution in [0.3, 0.4) is 0 Å². The molecule has 0 aromatic heterocycles. The molecule has 0 amide bonds. The molecule has 0 saturated carbocycles. The Kier molecular flexibility index (Phi) is 4.58. The third-order valence-corrected chi connectivity index (χ3v) is 3.42. The minimum absolute atomic E-state index is 0.334. The predicted molar refractivity (Wildman–Crippen MR) is 63.5 cm³/mol. The highest BCUT2D eigenvalue weighted by atomic mass is 16.5. The van der Waals surface area contributed by atoms with Gasteiger partial charge in [-0.3, -0.25) is 5.41 Å². The van der Waals surface area contributed by atoms with E-state index in [4.69, 9.17) is 10.1 Å². The average molecular weight is 212 g/mol. The lowest BCUT2D eigenvalue weighted by molar-refractivity contribution is 0.000696. The van der Waals surface area contributed by atoms with Gasteiger partial charge in [0.1, 0.15) is 11.4 Å². The van der Waals surface area contributed by atoms with Gasteiger partial charge in [-0.2, -0.15) is 0 Å². The lowest BCUT2D eigenvalue weighted by atomic mass is 9.94. The molecule has 0 bridgehead atoms. The fraction of sp³-hybridized carbons (Fsp3) is 0.917. The Bertz CT molecular complexity index is 206.